The summed E-state index contributed by atoms with van der Waals surface area (Å²) >= 11 is 1.31. The summed E-state index contributed by atoms with van der Waals surface area (Å²) in [5.41, 5.74) is 1.13. The van der Waals surface area contributed by atoms with Crippen LogP contribution in [0, 0.1) is 0 Å². The molecule has 1 aromatic heterocycles. The molecule has 1 aliphatic heterocycles. The van der Waals surface area contributed by atoms with Crippen LogP contribution in [-0.4, -0.2) is 50.1 Å². The highest BCUT2D eigenvalue weighted by molar-refractivity contribution is 8.14. The number of hydrogen-bond donors (Lipinski definition) is 0. The van der Waals surface area contributed by atoms with Crippen molar-refractivity contribution in [1.29, 1.82) is 0 Å². The van der Waals surface area contributed by atoms with E-state index in [1.54, 1.807) is 24.2 Å². The molecule has 1 amide bonds. The molecule has 0 saturated carbocycles. The third-order valence-corrected chi connectivity index (χ3v) is 4.92. The Labute approximate surface area is 140 Å². The van der Waals surface area contributed by atoms with Gasteiger partial charge >= 0.3 is 6.09 Å². The second-order valence-corrected chi connectivity index (χ2v) is 7.15. The first-order valence-corrected chi connectivity index (χ1v) is 8.56. The van der Waals surface area contributed by atoms with Crippen molar-refractivity contribution >= 4 is 23.0 Å². The molecule has 0 N–H and O–H groups in total. The summed E-state index contributed by atoms with van der Waals surface area (Å²) in [6.45, 7) is 5.88. The maximum Gasteiger partial charge on any atom is 0.410 e. The first-order chi connectivity index (χ1) is 11.0. The second-order valence-electron chi connectivity index (χ2n) is 5.67. The van der Waals surface area contributed by atoms with Crippen LogP contribution in [0.4, 0.5) is 4.79 Å². The first-order valence-electron chi connectivity index (χ1n) is 7.68. The van der Waals surface area contributed by atoms with Crippen LogP contribution >= 0.6 is 11.8 Å². The molecular formula is C16H23N3O3S. The molecule has 2 rings (SSSR count). The molecule has 1 fully saturated rings. The van der Waals surface area contributed by atoms with Crippen molar-refractivity contribution in [3.63, 3.8) is 0 Å². The van der Waals surface area contributed by atoms with E-state index in [1.807, 2.05) is 17.8 Å². The molecule has 1 aromatic rings. The van der Waals surface area contributed by atoms with E-state index in [0.29, 0.717) is 6.54 Å². The number of carbonyl (C=O) groups is 2. The largest absolute Gasteiger partial charge is 0.445 e. The molecule has 0 unspecified atom stereocenters. The average Bonchev–Trinajstić information content (AvgIpc) is 3.08. The number of amides is 1. The second kappa shape index (κ2) is 8.19. The monoisotopic (exact) mass is 337 g/mol. The summed E-state index contributed by atoms with van der Waals surface area (Å²) in [4.78, 5) is 29.4. The Bertz CT molecular complexity index is 573. The van der Waals surface area contributed by atoms with Crippen LogP contribution < -0.4 is 0 Å². The van der Waals surface area contributed by atoms with Crippen LogP contribution in [-0.2, 0) is 23.0 Å². The van der Waals surface area contributed by atoms with Gasteiger partial charge in [-0.25, -0.2) is 9.78 Å². The standard InChI is InChI=1S/C16H23N3O3S/c1-4-7-22-16(21)19-10-15(23-12(2)20)8-13(19)5-6-14-9-17-11-18(14)3/h4,9,11,13,15H,1,5-8,10H2,2-3H3/t13-,15+/m1/s1. The summed E-state index contributed by atoms with van der Waals surface area (Å²) < 4.78 is 7.16. The number of imidazole rings is 1. The van der Waals surface area contributed by atoms with Gasteiger partial charge in [-0.2, -0.15) is 0 Å². The molecule has 2 atom stereocenters. The van der Waals surface area contributed by atoms with E-state index >= 15 is 0 Å². The molecule has 0 aliphatic carbocycles. The quantitative estimate of drug-likeness (QED) is 0.746. The molecule has 2 heterocycles. The third kappa shape index (κ3) is 4.86. The van der Waals surface area contributed by atoms with Gasteiger partial charge in [0.2, 0.25) is 0 Å². The van der Waals surface area contributed by atoms with Crippen molar-refractivity contribution in [1.82, 2.24) is 14.5 Å². The molecule has 0 radical (unpaired) electrons. The number of ether oxygens (including phenoxy) is 1. The fourth-order valence-electron chi connectivity index (χ4n) is 2.84. The van der Waals surface area contributed by atoms with Crippen LogP contribution in [0.2, 0.25) is 0 Å². The molecular weight excluding hydrogens is 314 g/mol. The van der Waals surface area contributed by atoms with Gasteiger partial charge in [0, 0.05) is 43.7 Å². The highest BCUT2D eigenvalue weighted by atomic mass is 32.2. The fourth-order valence-corrected chi connectivity index (χ4v) is 3.87. The number of hydrogen-bond acceptors (Lipinski definition) is 5. The van der Waals surface area contributed by atoms with E-state index in [-0.39, 0.29) is 29.1 Å². The molecule has 0 spiro atoms. The number of carbonyl (C=O) groups excluding carboxylic acids is 2. The highest BCUT2D eigenvalue weighted by Crippen LogP contribution is 2.31. The Balaban J connectivity index is 1.99. The van der Waals surface area contributed by atoms with Crippen LogP contribution in [0.3, 0.4) is 0 Å². The predicted octanol–water partition coefficient (Wildman–Crippen LogP) is 2.40. The van der Waals surface area contributed by atoms with E-state index < -0.39 is 0 Å². The van der Waals surface area contributed by atoms with Crippen LogP contribution in [0.1, 0.15) is 25.5 Å². The molecule has 126 valence electrons. The Morgan fingerprint density at radius 2 is 2.35 bits per heavy atom. The minimum absolute atomic E-state index is 0.0825. The number of likely N-dealkylation sites (tertiary alicyclic amines) is 1. The number of nitrogens with zero attached hydrogens (tertiary/aromatic N) is 3. The molecule has 1 saturated heterocycles. The average molecular weight is 337 g/mol. The Morgan fingerprint density at radius 1 is 1.57 bits per heavy atom. The van der Waals surface area contributed by atoms with Gasteiger partial charge in [0.25, 0.3) is 0 Å². The third-order valence-electron chi connectivity index (χ3n) is 3.92. The molecule has 1 aliphatic rings. The smallest absolute Gasteiger partial charge is 0.410 e. The van der Waals surface area contributed by atoms with Crippen LogP contribution in [0.15, 0.2) is 25.2 Å². The van der Waals surface area contributed by atoms with Gasteiger partial charge in [0.15, 0.2) is 5.12 Å². The number of rotatable bonds is 6. The van der Waals surface area contributed by atoms with Crippen molar-refractivity contribution in [3.8, 4) is 0 Å². The highest BCUT2D eigenvalue weighted by Gasteiger charge is 2.36. The van der Waals surface area contributed by atoms with Crippen LogP contribution in [0.25, 0.3) is 0 Å². The zero-order chi connectivity index (χ0) is 16.8. The Kier molecular flexibility index (Phi) is 6.27. The summed E-state index contributed by atoms with van der Waals surface area (Å²) in [6.07, 6.45) is 7.32. The summed E-state index contributed by atoms with van der Waals surface area (Å²) in [6, 6.07) is 0.0825. The Hall–Kier alpha value is -1.76. The molecule has 6 nitrogen and oxygen atoms in total. The molecule has 23 heavy (non-hydrogen) atoms. The molecule has 0 aromatic carbocycles. The van der Waals surface area contributed by atoms with Gasteiger partial charge in [0.1, 0.15) is 6.61 Å². The van der Waals surface area contributed by atoms with Gasteiger partial charge < -0.3 is 14.2 Å². The van der Waals surface area contributed by atoms with Gasteiger partial charge in [-0.3, -0.25) is 4.79 Å². The van der Waals surface area contributed by atoms with Crippen molar-refractivity contribution in [2.75, 3.05) is 13.2 Å². The van der Waals surface area contributed by atoms with E-state index in [2.05, 4.69) is 11.6 Å². The summed E-state index contributed by atoms with van der Waals surface area (Å²) in [7, 11) is 1.96. The van der Waals surface area contributed by atoms with Crippen molar-refractivity contribution in [2.24, 2.45) is 7.05 Å². The summed E-state index contributed by atoms with van der Waals surface area (Å²) in [5.74, 6) is 0. The lowest BCUT2D eigenvalue weighted by molar-refractivity contribution is -0.109. The SMILES string of the molecule is C=CCOC(=O)N1C[C@@H](SC(C)=O)C[C@H]1CCc1cncn1C. The van der Waals surface area contributed by atoms with E-state index in [0.717, 1.165) is 25.0 Å². The van der Waals surface area contributed by atoms with Crippen molar-refractivity contribution in [2.45, 2.75) is 37.5 Å². The lowest BCUT2D eigenvalue weighted by atomic mass is 10.1. The van der Waals surface area contributed by atoms with E-state index in [9.17, 15) is 9.59 Å². The molecule has 7 heteroatoms. The van der Waals surface area contributed by atoms with Gasteiger partial charge in [-0.1, -0.05) is 24.4 Å². The van der Waals surface area contributed by atoms with Crippen molar-refractivity contribution in [3.05, 3.63) is 30.9 Å². The fraction of sp³-hybridized carbons (Fsp3) is 0.562. The maximum atomic E-state index is 12.2. The van der Waals surface area contributed by atoms with E-state index in [4.69, 9.17) is 4.74 Å². The van der Waals surface area contributed by atoms with Gasteiger partial charge in [0.05, 0.1) is 6.33 Å². The number of thioether (sulfide) groups is 1. The number of aryl methyl sites for hydroxylation is 2. The van der Waals surface area contributed by atoms with Gasteiger partial charge in [-0.15, -0.1) is 0 Å². The number of aromatic nitrogens is 2. The predicted molar refractivity (Wildman–Crippen MR) is 90.2 cm³/mol. The lowest BCUT2D eigenvalue weighted by Gasteiger charge is -2.23. The lowest BCUT2D eigenvalue weighted by Crippen LogP contribution is -2.36. The maximum absolute atomic E-state index is 12.2. The zero-order valence-corrected chi connectivity index (χ0v) is 14.4. The minimum Gasteiger partial charge on any atom is -0.445 e. The van der Waals surface area contributed by atoms with Crippen molar-refractivity contribution < 1.29 is 14.3 Å². The minimum atomic E-state index is -0.327. The normalized spacial score (nSPS) is 20.5. The van der Waals surface area contributed by atoms with Gasteiger partial charge in [-0.05, 0) is 19.3 Å². The Morgan fingerprint density at radius 3 is 2.96 bits per heavy atom. The molecule has 0 bridgehead atoms. The zero-order valence-electron chi connectivity index (χ0n) is 13.6. The first kappa shape index (κ1) is 17.6. The van der Waals surface area contributed by atoms with Crippen LogP contribution in [0.5, 0.6) is 0 Å². The summed E-state index contributed by atoms with van der Waals surface area (Å²) in [5, 5.41) is 0.224. The van der Waals surface area contributed by atoms with E-state index in [1.165, 1.54) is 11.8 Å². The topological polar surface area (TPSA) is 64.4 Å².